The van der Waals surface area contributed by atoms with Gasteiger partial charge in [-0.1, -0.05) is 93.3 Å². The molecule has 0 atom stereocenters. The number of hydrogen-bond donors (Lipinski definition) is 1. The predicted molar refractivity (Wildman–Crippen MR) is 121 cm³/mol. The molecule has 28 heavy (non-hydrogen) atoms. The lowest BCUT2D eigenvalue weighted by Crippen LogP contribution is -1.89. The number of benzene rings is 2. The van der Waals surface area contributed by atoms with Crippen LogP contribution in [0.3, 0.4) is 0 Å². The van der Waals surface area contributed by atoms with E-state index >= 15 is 0 Å². The van der Waals surface area contributed by atoms with E-state index in [1.54, 1.807) is 0 Å². The number of hydrogen-bond acceptors (Lipinski definition) is 1. The Kier molecular flexibility index (Phi) is 8.61. The van der Waals surface area contributed by atoms with Crippen LogP contribution in [0.1, 0.15) is 81.2 Å². The fourth-order valence-electron chi connectivity index (χ4n) is 3.91. The van der Waals surface area contributed by atoms with Crippen molar-refractivity contribution in [2.24, 2.45) is 0 Å². The zero-order valence-corrected chi connectivity index (χ0v) is 17.6. The number of H-pyrrole nitrogens is 1. The van der Waals surface area contributed by atoms with Crippen LogP contribution in [0.4, 0.5) is 0 Å². The van der Waals surface area contributed by atoms with Gasteiger partial charge in [0.15, 0.2) is 0 Å². The summed E-state index contributed by atoms with van der Waals surface area (Å²) in [6, 6.07) is 17.3. The Bertz CT molecular complexity index is 768. The second-order valence-corrected chi connectivity index (χ2v) is 8.22. The van der Waals surface area contributed by atoms with Gasteiger partial charge in [0.25, 0.3) is 0 Å². The smallest absolute Gasteiger partial charge is 0.107 e. The van der Waals surface area contributed by atoms with E-state index in [2.05, 4.69) is 65.4 Å². The number of aryl methyl sites for hydroxylation is 3. The second-order valence-electron chi connectivity index (χ2n) is 8.22. The van der Waals surface area contributed by atoms with Crippen LogP contribution in [-0.4, -0.2) is 9.97 Å². The van der Waals surface area contributed by atoms with Crippen LogP contribution in [0.25, 0.3) is 11.0 Å². The fraction of sp³-hybridized carbons (Fsp3) is 0.500. The lowest BCUT2D eigenvalue weighted by molar-refractivity contribution is 0.550. The number of imidazole rings is 1. The topological polar surface area (TPSA) is 28.7 Å². The number of nitrogens with zero attached hydrogens (tertiary/aromatic N) is 1. The first kappa shape index (κ1) is 20.6. The summed E-state index contributed by atoms with van der Waals surface area (Å²) in [6.45, 7) is 2.16. The van der Waals surface area contributed by atoms with Crippen LogP contribution >= 0.6 is 0 Å². The Balaban J connectivity index is 1.12. The standard InChI is InChI=1S/C26H36N2/c1-22-18-20-23(21-19-22)14-10-8-6-4-2-3-5-7-9-11-17-26-27-24-15-12-13-16-25(24)28-26/h12-13,15-16,18-21H,2-11,14,17H2,1H3,(H,27,28). The van der Waals surface area contributed by atoms with E-state index in [-0.39, 0.29) is 0 Å². The summed E-state index contributed by atoms with van der Waals surface area (Å²) in [4.78, 5) is 8.10. The van der Waals surface area contributed by atoms with E-state index in [1.807, 2.05) is 0 Å². The first-order valence-electron chi connectivity index (χ1n) is 11.3. The van der Waals surface area contributed by atoms with E-state index in [4.69, 9.17) is 0 Å². The minimum Gasteiger partial charge on any atom is -0.342 e. The van der Waals surface area contributed by atoms with Gasteiger partial charge in [-0.15, -0.1) is 0 Å². The summed E-state index contributed by atoms with van der Waals surface area (Å²) in [5.41, 5.74) is 5.11. The average molecular weight is 377 g/mol. The number of nitrogens with one attached hydrogen (secondary N) is 1. The van der Waals surface area contributed by atoms with Gasteiger partial charge >= 0.3 is 0 Å². The van der Waals surface area contributed by atoms with Crippen molar-refractivity contribution < 1.29 is 0 Å². The summed E-state index contributed by atoms with van der Waals surface area (Å²) in [5, 5.41) is 0. The Morgan fingerprint density at radius 3 is 1.86 bits per heavy atom. The molecule has 3 rings (SSSR count). The third-order valence-electron chi connectivity index (χ3n) is 5.69. The van der Waals surface area contributed by atoms with Crippen molar-refractivity contribution in [3.05, 3.63) is 65.5 Å². The van der Waals surface area contributed by atoms with Crippen LogP contribution in [0.2, 0.25) is 0 Å². The van der Waals surface area contributed by atoms with Crippen molar-refractivity contribution in [2.45, 2.75) is 84.0 Å². The van der Waals surface area contributed by atoms with Gasteiger partial charge in [0.2, 0.25) is 0 Å². The highest BCUT2D eigenvalue weighted by Gasteiger charge is 2.01. The molecule has 0 bridgehead atoms. The monoisotopic (exact) mass is 376 g/mol. The van der Waals surface area contributed by atoms with Gasteiger partial charge in [-0.2, -0.15) is 0 Å². The Morgan fingerprint density at radius 2 is 1.21 bits per heavy atom. The molecular formula is C26H36N2. The lowest BCUT2D eigenvalue weighted by atomic mass is 10.0. The maximum Gasteiger partial charge on any atom is 0.107 e. The molecule has 0 aliphatic rings. The molecule has 1 N–H and O–H groups in total. The molecule has 0 radical (unpaired) electrons. The molecule has 2 aromatic carbocycles. The summed E-state index contributed by atoms with van der Waals surface area (Å²) in [5.74, 6) is 1.15. The predicted octanol–water partition coefficient (Wildman–Crippen LogP) is 7.56. The molecule has 150 valence electrons. The van der Waals surface area contributed by atoms with Gasteiger partial charge in [0, 0.05) is 6.42 Å². The van der Waals surface area contributed by atoms with Crippen LogP contribution in [0.5, 0.6) is 0 Å². The highest BCUT2D eigenvalue weighted by atomic mass is 14.9. The highest BCUT2D eigenvalue weighted by Crippen LogP contribution is 2.15. The SMILES string of the molecule is Cc1ccc(CCCCCCCCCCCCc2nc3ccccc3[nH]2)cc1. The Hall–Kier alpha value is -2.09. The summed E-state index contributed by atoms with van der Waals surface area (Å²) in [7, 11) is 0. The average Bonchev–Trinajstić information content (AvgIpc) is 3.13. The molecule has 1 heterocycles. The number of rotatable bonds is 13. The second kappa shape index (κ2) is 11.7. The number of unbranched alkanes of at least 4 members (excludes halogenated alkanes) is 9. The molecule has 0 fully saturated rings. The van der Waals surface area contributed by atoms with Gasteiger partial charge < -0.3 is 4.98 Å². The Labute approximate surface area is 170 Å². The molecule has 0 amide bonds. The number of aromatic amines is 1. The van der Waals surface area contributed by atoms with Crippen molar-refractivity contribution in [3.8, 4) is 0 Å². The van der Waals surface area contributed by atoms with Crippen LogP contribution < -0.4 is 0 Å². The normalized spacial score (nSPS) is 11.3. The molecule has 0 unspecified atom stereocenters. The summed E-state index contributed by atoms with van der Waals surface area (Å²) >= 11 is 0. The number of fused-ring (bicyclic) bond motifs is 1. The molecule has 0 saturated carbocycles. The first-order valence-corrected chi connectivity index (χ1v) is 11.3. The largest absolute Gasteiger partial charge is 0.342 e. The minimum atomic E-state index is 1.08. The molecular weight excluding hydrogens is 340 g/mol. The zero-order valence-electron chi connectivity index (χ0n) is 17.6. The van der Waals surface area contributed by atoms with Crippen LogP contribution in [0, 0.1) is 6.92 Å². The maximum absolute atomic E-state index is 4.66. The first-order chi connectivity index (χ1) is 13.8. The molecule has 0 aliphatic heterocycles. The third kappa shape index (κ3) is 7.14. The molecule has 0 saturated heterocycles. The minimum absolute atomic E-state index is 1.08. The van der Waals surface area contributed by atoms with E-state index in [0.717, 1.165) is 23.3 Å². The molecule has 0 aliphatic carbocycles. The van der Waals surface area contributed by atoms with E-state index in [9.17, 15) is 0 Å². The summed E-state index contributed by atoms with van der Waals surface area (Å²) < 4.78 is 0. The maximum atomic E-state index is 4.66. The molecule has 1 aromatic heterocycles. The van der Waals surface area contributed by atoms with E-state index in [1.165, 1.54) is 81.8 Å². The van der Waals surface area contributed by atoms with Crippen molar-refractivity contribution in [3.63, 3.8) is 0 Å². The molecule has 0 spiro atoms. The number of para-hydroxylation sites is 2. The third-order valence-corrected chi connectivity index (χ3v) is 5.69. The van der Waals surface area contributed by atoms with Crippen molar-refractivity contribution in [1.29, 1.82) is 0 Å². The Morgan fingerprint density at radius 1 is 0.643 bits per heavy atom. The number of aromatic nitrogens is 2. The molecule has 3 aromatic rings. The van der Waals surface area contributed by atoms with Gasteiger partial charge in [-0.25, -0.2) is 4.98 Å². The van der Waals surface area contributed by atoms with Gasteiger partial charge in [0.05, 0.1) is 11.0 Å². The van der Waals surface area contributed by atoms with Gasteiger partial charge in [0.1, 0.15) is 5.82 Å². The molecule has 2 heteroatoms. The lowest BCUT2D eigenvalue weighted by Gasteiger charge is -2.04. The zero-order chi connectivity index (χ0) is 19.4. The van der Waals surface area contributed by atoms with Crippen molar-refractivity contribution >= 4 is 11.0 Å². The van der Waals surface area contributed by atoms with Crippen molar-refractivity contribution in [2.75, 3.05) is 0 Å². The van der Waals surface area contributed by atoms with E-state index < -0.39 is 0 Å². The quantitative estimate of drug-likeness (QED) is 0.306. The van der Waals surface area contributed by atoms with Crippen LogP contribution in [-0.2, 0) is 12.8 Å². The van der Waals surface area contributed by atoms with E-state index in [0.29, 0.717) is 0 Å². The molecule has 2 nitrogen and oxygen atoms in total. The van der Waals surface area contributed by atoms with Crippen LogP contribution in [0.15, 0.2) is 48.5 Å². The van der Waals surface area contributed by atoms with Crippen molar-refractivity contribution in [1.82, 2.24) is 9.97 Å². The summed E-state index contributed by atoms with van der Waals surface area (Å²) in [6.07, 6.45) is 16.0. The van der Waals surface area contributed by atoms with Gasteiger partial charge in [-0.3, -0.25) is 0 Å². The van der Waals surface area contributed by atoms with Gasteiger partial charge in [-0.05, 0) is 43.9 Å². The fourth-order valence-corrected chi connectivity index (χ4v) is 3.91. The highest BCUT2D eigenvalue weighted by molar-refractivity contribution is 5.74.